The van der Waals surface area contributed by atoms with Gasteiger partial charge in [0.25, 0.3) is 0 Å². The van der Waals surface area contributed by atoms with Crippen LogP contribution in [0.4, 0.5) is 11.4 Å². The molecule has 0 fully saturated rings. The van der Waals surface area contributed by atoms with Crippen LogP contribution in [0.3, 0.4) is 0 Å². The Bertz CT molecular complexity index is 604. The van der Waals surface area contributed by atoms with E-state index in [1.807, 2.05) is 24.3 Å². The van der Waals surface area contributed by atoms with Crippen LogP contribution in [0.5, 0.6) is 0 Å². The van der Waals surface area contributed by atoms with Crippen LogP contribution in [0.25, 0.3) is 0 Å². The summed E-state index contributed by atoms with van der Waals surface area (Å²) in [6.07, 6.45) is 0.442. The predicted molar refractivity (Wildman–Crippen MR) is 77.2 cm³/mol. The Hall–Kier alpha value is -2.29. The molecule has 3 rings (SSSR count). The lowest BCUT2D eigenvalue weighted by atomic mass is 10.0. The quantitative estimate of drug-likeness (QED) is 0.815. The second-order valence-electron chi connectivity index (χ2n) is 4.91. The molecule has 19 heavy (non-hydrogen) atoms. The standard InChI is InChI=1S/C16H16N2O/c1-11-6-8-12(9-7-11)15-10-16(19)18-14-5-3-2-4-13(14)17-15/h2-9,15,17H,10H2,1H3,(H,18,19). The van der Waals surface area contributed by atoms with E-state index in [0.717, 1.165) is 16.9 Å². The summed E-state index contributed by atoms with van der Waals surface area (Å²) >= 11 is 0. The van der Waals surface area contributed by atoms with Crippen LogP contribution in [0, 0.1) is 6.92 Å². The number of hydrogen-bond acceptors (Lipinski definition) is 2. The fraction of sp³-hybridized carbons (Fsp3) is 0.188. The average Bonchev–Trinajstić information content (AvgIpc) is 2.57. The predicted octanol–water partition coefficient (Wildman–Crippen LogP) is 3.49. The molecule has 0 saturated carbocycles. The van der Waals surface area contributed by atoms with Crippen LogP contribution >= 0.6 is 0 Å². The van der Waals surface area contributed by atoms with Crippen molar-refractivity contribution in [3.8, 4) is 0 Å². The molecule has 3 nitrogen and oxygen atoms in total. The van der Waals surface area contributed by atoms with Crippen LogP contribution in [0.15, 0.2) is 48.5 Å². The molecule has 2 aromatic rings. The van der Waals surface area contributed by atoms with Gasteiger partial charge in [-0.3, -0.25) is 4.79 Å². The number of fused-ring (bicyclic) bond motifs is 1. The average molecular weight is 252 g/mol. The molecular formula is C16H16N2O. The fourth-order valence-electron chi connectivity index (χ4n) is 2.34. The van der Waals surface area contributed by atoms with E-state index in [1.165, 1.54) is 5.56 Å². The van der Waals surface area contributed by atoms with Gasteiger partial charge in [0, 0.05) is 0 Å². The summed E-state index contributed by atoms with van der Waals surface area (Å²) in [5.41, 5.74) is 4.18. The Kier molecular flexibility index (Phi) is 2.95. The lowest BCUT2D eigenvalue weighted by Crippen LogP contribution is -2.15. The van der Waals surface area contributed by atoms with Gasteiger partial charge in [0.1, 0.15) is 0 Å². The number of nitrogens with one attached hydrogen (secondary N) is 2. The number of benzene rings is 2. The molecule has 0 bridgehead atoms. The minimum Gasteiger partial charge on any atom is -0.376 e. The normalized spacial score (nSPS) is 17.9. The van der Waals surface area contributed by atoms with Gasteiger partial charge in [-0.25, -0.2) is 0 Å². The molecule has 1 unspecified atom stereocenters. The number of para-hydroxylation sites is 2. The molecule has 2 N–H and O–H groups in total. The first-order chi connectivity index (χ1) is 9.22. The first kappa shape index (κ1) is 11.8. The minimum absolute atomic E-state index is 0.0178. The summed E-state index contributed by atoms with van der Waals surface area (Å²) in [5, 5.41) is 6.37. The van der Waals surface area contributed by atoms with Crippen molar-refractivity contribution in [3.63, 3.8) is 0 Å². The summed E-state index contributed by atoms with van der Waals surface area (Å²) in [6.45, 7) is 2.06. The topological polar surface area (TPSA) is 41.1 Å². The highest BCUT2D eigenvalue weighted by Gasteiger charge is 2.21. The molecule has 0 aliphatic carbocycles. The van der Waals surface area contributed by atoms with Crippen molar-refractivity contribution < 1.29 is 4.79 Å². The Labute approximate surface area is 112 Å². The SMILES string of the molecule is Cc1ccc(C2CC(=O)Nc3ccccc3N2)cc1. The fourth-order valence-corrected chi connectivity index (χ4v) is 2.34. The van der Waals surface area contributed by atoms with Crippen molar-refractivity contribution in [1.82, 2.24) is 0 Å². The van der Waals surface area contributed by atoms with Gasteiger partial charge in [-0.15, -0.1) is 0 Å². The van der Waals surface area contributed by atoms with E-state index in [2.05, 4.69) is 41.8 Å². The second kappa shape index (κ2) is 4.76. The highest BCUT2D eigenvalue weighted by Crippen LogP contribution is 2.31. The maximum atomic E-state index is 11.9. The zero-order valence-electron chi connectivity index (χ0n) is 10.8. The molecule has 1 aliphatic heterocycles. The molecule has 3 heteroatoms. The maximum absolute atomic E-state index is 11.9. The molecule has 96 valence electrons. The number of anilines is 2. The van der Waals surface area contributed by atoms with Gasteiger partial charge >= 0.3 is 0 Å². The van der Waals surface area contributed by atoms with Crippen molar-refractivity contribution in [1.29, 1.82) is 0 Å². The molecule has 0 radical (unpaired) electrons. The summed E-state index contributed by atoms with van der Waals surface area (Å²) < 4.78 is 0. The molecule has 1 heterocycles. The number of aryl methyl sites for hydroxylation is 1. The van der Waals surface area contributed by atoms with Crippen LogP contribution in [0.1, 0.15) is 23.6 Å². The van der Waals surface area contributed by atoms with Gasteiger partial charge in [-0.05, 0) is 24.6 Å². The summed E-state index contributed by atoms with van der Waals surface area (Å²) in [5.74, 6) is 0.0445. The first-order valence-electron chi connectivity index (χ1n) is 6.44. The van der Waals surface area contributed by atoms with Gasteiger partial charge in [0.15, 0.2) is 0 Å². The van der Waals surface area contributed by atoms with E-state index in [4.69, 9.17) is 0 Å². The number of amides is 1. The minimum atomic E-state index is 0.0178. The Morgan fingerprint density at radius 3 is 2.42 bits per heavy atom. The largest absolute Gasteiger partial charge is 0.376 e. The van der Waals surface area contributed by atoms with Crippen molar-refractivity contribution in [3.05, 3.63) is 59.7 Å². The summed E-state index contributed by atoms with van der Waals surface area (Å²) in [7, 11) is 0. The summed E-state index contributed by atoms with van der Waals surface area (Å²) in [6, 6.07) is 16.1. The van der Waals surface area contributed by atoms with E-state index in [9.17, 15) is 4.79 Å². The van der Waals surface area contributed by atoms with Gasteiger partial charge < -0.3 is 10.6 Å². The van der Waals surface area contributed by atoms with Crippen LogP contribution < -0.4 is 10.6 Å². The highest BCUT2D eigenvalue weighted by molar-refractivity contribution is 5.96. The van der Waals surface area contributed by atoms with Gasteiger partial charge in [0.05, 0.1) is 23.8 Å². The van der Waals surface area contributed by atoms with Crippen molar-refractivity contribution in [2.75, 3.05) is 10.6 Å². The smallest absolute Gasteiger partial charge is 0.226 e. The lowest BCUT2D eigenvalue weighted by Gasteiger charge is -2.17. The van der Waals surface area contributed by atoms with E-state index < -0.39 is 0 Å². The number of carbonyl (C=O) groups is 1. The number of rotatable bonds is 1. The Morgan fingerprint density at radius 2 is 1.68 bits per heavy atom. The van der Waals surface area contributed by atoms with E-state index in [1.54, 1.807) is 0 Å². The molecule has 1 aliphatic rings. The van der Waals surface area contributed by atoms with Crippen molar-refractivity contribution >= 4 is 17.3 Å². The third-order valence-corrected chi connectivity index (χ3v) is 3.40. The summed E-state index contributed by atoms with van der Waals surface area (Å²) in [4.78, 5) is 11.9. The zero-order chi connectivity index (χ0) is 13.2. The molecular weight excluding hydrogens is 236 g/mol. The zero-order valence-corrected chi connectivity index (χ0v) is 10.8. The van der Waals surface area contributed by atoms with Crippen LogP contribution in [0.2, 0.25) is 0 Å². The van der Waals surface area contributed by atoms with Crippen molar-refractivity contribution in [2.24, 2.45) is 0 Å². The number of hydrogen-bond donors (Lipinski definition) is 2. The molecule has 1 amide bonds. The lowest BCUT2D eigenvalue weighted by molar-refractivity contribution is -0.116. The van der Waals surface area contributed by atoms with Crippen LogP contribution in [-0.4, -0.2) is 5.91 Å². The third kappa shape index (κ3) is 2.45. The molecule has 0 saturated heterocycles. The van der Waals surface area contributed by atoms with E-state index in [0.29, 0.717) is 6.42 Å². The molecule has 0 aromatic heterocycles. The highest BCUT2D eigenvalue weighted by atomic mass is 16.1. The molecule has 0 spiro atoms. The van der Waals surface area contributed by atoms with Gasteiger partial charge in [-0.1, -0.05) is 42.0 Å². The van der Waals surface area contributed by atoms with E-state index >= 15 is 0 Å². The Morgan fingerprint density at radius 1 is 1.00 bits per heavy atom. The molecule has 1 atom stereocenters. The second-order valence-corrected chi connectivity index (χ2v) is 4.91. The third-order valence-electron chi connectivity index (χ3n) is 3.40. The Balaban J connectivity index is 1.95. The van der Waals surface area contributed by atoms with Gasteiger partial charge in [0.2, 0.25) is 5.91 Å². The van der Waals surface area contributed by atoms with E-state index in [-0.39, 0.29) is 11.9 Å². The molecule has 2 aromatic carbocycles. The van der Waals surface area contributed by atoms with Gasteiger partial charge in [-0.2, -0.15) is 0 Å². The van der Waals surface area contributed by atoms with Crippen molar-refractivity contribution in [2.45, 2.75) is 19.4 Å². The first-order valence-corrected chi connectivity index (χ1v) is 6.44. The van der Waals surface area contributed by atoms with Crippen LogP contribution in [-0.2, 0) is 4.79 Å². The monoisotopic (exact) mass is 252 g/mol. The number of carbonyl (C=O) groups excluding carboxylic acids is 1. The maximum Gasteiger partial charge on any atom is 0.226 e.